The maximum atomic E-state index is 11.6. The summed E-state index contributed by atoms with van der Waals surface area (Å²) in [7, 11) is 0. The van der Waals surface area contributed by atoms with E-state index in [1.807, 2.05) is 30.3 Å². The quantitative estimate of drug-likeness (QED) is 0.337. The monoisotopic (exact) mass is 403 g/mol. The van der Waals surface area contributed by atoms with Crippen LogP contribution in [0.4, 0.5) is 22.7 Å². The number of carbonyl (C=O) groups excluding carboxylic acids is 1. The average molecular weight is 403 g/mol. The minimum absolute atomic E-state index is 0.147. The lowest BCUT2D eigenvalue weighted by Crippen LogP contribution is -2.25. The number of benzene rings is 3. The molecule has 30 heavy (non-hydrogen) atoms. The van der Waals surface area contributed by atoms with E-state index in [-0.39, 0.29) is 11.3 Å². The molecule has 0 aliphatic heterocycles. The number of nitrogens with zero attached hydrogens (tertiary/aromatic N) is 2. The van der Waals surface area contributed by atoms with Gasteiger partial charge in [0.25, 0.3) is 5.91 Å². The summed E-state index contributed by atoms with van der Waals surface area (Å²) < 4.78 is 0. The lowest BCUT2D eigenvalue weighted by Gasteiger charge is -2.23. The van der Waals surface area contributed by atoms with E-state index in [4.69, 9.17) is 5.73 Å². The number of nitrogens with two attached hydrogens (primary N) is 1. The molecule has 0 aliphatic rings. The number of amides is 1. The lowest BCUT2D eigenvalue weighted by atomic mass is 10.1. The molecule has 154 valence electrons. The van der Waals surface area contributed by atoms with Crippen molar-refractivity contribution >= 4 is 28.7 Å². The smallest absolute Gasteiger partial charge is 0.250 e. The van der Waals surface area contributed by atoms with E-state index >= 15 is 0 Å². The standard InChI is InChI=1S/C23H25N5O2/c1-2-28(15-14-17-6-4-3-5-7-17)20-11-8-18(9-12-20)25-26-22-13-10-19(27-30)16-21(22)23(24)29/h3-13,16,25-26H,2,14-15H2,1H3,(H2,24,29). The first-order chi connectivity index (χ1) is 14.6. The summed E-state index contributed by atoms with van der Waals surface area (Å²) >= 11 is 0. The predicted molar refractivity (Wildman–Crippen MR) is 122 cm³/mol. The Labute approximate surface area is 175 Å². The molecule has 0 unspecified atom stereocenters. The molecular formula is C23H25N5O2. The minimum atomic E-state index is -0.642. The average Bonchev–Trinajstić information content (AvgIpc) is 2.79. The lowest BCUT2D eigenvalue weighted by molar-refractivity contribution is 0.100. The molecule has 0 aromatic heterocycles. The van der Waals surface area contributed by atoms with Crippen molar-refractivity contribution in [3.8, 4) is 0 Å². The Morgan fingerprint density at radius 1 is 1.00 bits per heavy atom. The van der Waals surface area contributed by atoms with Crippen molar-refractivity contribution in [3.05, 3.63) is 88.8 Å². The second kappa shape index (κ2) is 10.1. The third kappa shape index (κ3) is 5.35. The van der Waals surface area contributed by atoms with Crippen LogP contribution in [0.1, 0.15) is 22.8 Å². The highest BCUT2D eigenvalue weighted by molar-refractivity contribution is 5.99. The van der Waals surface area contributed by atoms with Gasteiger partial charge in [0, 0.05) is 18.8 Å². The van der Waals surface area contributed by atoms with Gasteiger partial charge in [0.15, 0.2) is 0 Å². The van der Waals surface area contributed by atoms with Gasteiger partial charge in [-0.05, 0) is 66.5 Å². The summed E-state index contributed by atoms with van der Waals surface area (Å²) in [5, 5.41) is 2.83. The number of hydrogen-bond acceptors (Lipinski definition) is 6. The largest absolute Gasteiger partial charge is 0.371 e. The van der Waals surface area contributed by atoms with Gasteiger partial charge >= 0.3 is 0 Å². The maximum Gasteiger partial charge on any atom is 0.250 e. The predicted octanol–water partition coefficient (Wildman–Crippen LogP) is 4.69. The fourth-order valence-corrected chi connectivity index (χ4v) is 3.18. The van der Waals surface area contributed by atoms with Crippen molar-refractivity contribution in [2.75, 3.05) is 28.8 Å². The first kappa shape index (κ1) is 20.9. The van der Waals surface area contributed by atoms with Gasteiger partial charge in [-0.3, -0.25) is 4.79 Å². The van der Waals surface area contributed by atoms with Gasteiger partial charge in [-0.1, -0.05) is 30.3 Å². The van der Waals surface area contributed by atoms with E-state index in [1.165, 1.54) is 17.7 Å². The van der Waals surface area contributed by atoms with E-state index < -0.39 is 5.91 Å². The molecule has 0 fully saturated rings. The Morgan fingerprint density at radius 3 is 2.37 bits per heavy atom. The van der Waals surface area contributed by atoms with Crippen LogP contribution in [0.25, 0.3) is 0 Å². The highest BCUT2D eigenvalue weighted by Crippen LogP contribution is 2.23. The fourth-order valence-electron chi connectivity index (χ4n) is 3.18. The number of nitrogens with one attached hydrogen (secondary N) is 2. The normalized spacial score (nSPS) is 10.3. The maximum absolute atomic E-state index is 11.6. The van der Waals surface area contributed by atoms with Crippen molar-refractivity contribution in [3.63, 3.8) is 0 Å². The van der Waals surface area contributed by atoms with Crippen molar-refractivity contribution in [2.24, 2.45) is 10.9 Å². The summed E-state index contributed by atoms with van der Waals surface area (Å²) in [5.74, 6) is -0.642. The minimum Gasteiger partial charge on any atom is -0.371 e. The SMILES string of the molecule is CCN(CCc1ccccc1)c1ccc(NNc2ccc(N=O)cc2C(N)=O)cc1. The molecule has 7 heteroatoms. The van der Waals surface area contributed by atoms with E-state index in [2.05, 4.69) is 52.1 Å². The number of anilines is 3. The third-order valence-corrected chi connectivity index (χ3v) is 4.84. The molecule has 0 spiro atoms. The molecule has 0 radical (unpaired) electrons. The zero-order chi connectivity index (χ0) is 21.3. The molecule has 3 rings (SSSR count). The molecule has 0 saturated heterocycles. The van der Waals surface area contributed by atoms with Crippen molar-refractivity contribution in [1.82, 2.24) is 0 Å². The Hall–Kier alpha value is -3.87. The van der Waals surface area contributed by atoms with Crippen LogP contribution < -0.4 is 21.5 Å². The van der Waals surface area contributed by atoms with Crippen LogP contribution >= 0.6 is 0 Å². The molecule has 4 N–H and O–H groups in total. The van der Waals surface area contributed by atoms with Crippen molar-refractivity contribution in [2.45, 2.75) is 13.3 Å². The first-order valence-corrected chi connectivity index (χ1v) is 9.79. The molecule has 7 nitrogen and oxygen atoms in total. The van der Waals surface area contributed by atoms with Gasteiger partial charge in [-0.2, -0.15) is 0 Å². The zero-order valence-electron chi connectivity index (χ0n) is 16.8. The number of hydrogen-bond donors (Lipinski definition) is 3. The number of hydrazine groups is 1. The van der Waals surface area contributed by atoms with Crippen LogP contribution in [0.3, 0.4) is 0 Å². The van der Waals surface area contributed by atoms with Gasteiger partial charge in [-0.25, -0.2) is 0 Å². The Morgan fingerprint density at radius 2 is 1.73 bits per heavy atom. The van der Waals surface area contributed by atoms with Gasteiger partial charge in [-0.15, -0.1) is 4.91 Å². The molecule has 3 aromatic carbocycles. The van der Waals surface area contributed by atoms with Crippen LogP contribution in [0, 0.1) is 4.91 Å². The van der Waals surface area contributed by atoms with Crippen LogP contribution in [0.2, 0.25) is 0 Å². The molecule has 0 aliphatic carbocycles. The summed E-state index contributed by atoms with van der Waals surface area (Å²) in [6, 6.07) is 22.9. The van der Waals surface area contributed by atoms with Gasteiger partial charge in [0.1, 0.15) is 5.69 Å². The number of carbonyl (C=O) groups is 1. The Balaban J connectivity index is 1.62. The Bertz CT molecular complexity index is 990. The number of nitroso groups, excluding NO2 is 1. The van der Waals surface area contributed by atoms with Crippen LogP contribution in [-0.4, -0.2) is 19.0 Å². The molecule has 0 heterocycles. The molecular weight excluding hydrogens is 378 g/mol. The van der Waals surface area contributed by atoms with Gasteiger partial charge < -0.3 is 21.5 Å². The van der Waals surface area contributed by atoms with Gasteiger partial charge in [0.2, 0.25) is 0 Å². The molecule has 0 atom stereocenters. The highest BCUT2D eigenvalue weighted by atomic mass is 16.3. The first-order valence-electron chi connectivity index (χ1n) is 9.79. The van der Waals surface area contributed by atoms with Crippen molar-refractivity contribution < 1.29 is 4.79 Å². The fraction of sp³-hybridized carbons (Fsp3) is 0.174. The van der Waals surface area contributed by atoms with E-state index in [1.54, 1.807) is 6.07 Å². The number of likely N-dealkylation sites (N-methyl/N-ethyl adjacent to an activating group) is 1. The molecule has 0 bridgehead atoms. The Kier molecular flexibility index (Phi) is 7.00. The molecule has 0 saturated carbocycles. The van der Waals surface area contributed by atoms with Gasteiger partial charge in [0.05, 0.1) is 16.9 Å². The van der Waals surface area contributed by atoms with Crippen molar-refractivity contribution in [1.29, 1.82) is 0 Å². The van der Waals surface area contributed by atoms with E-state index in [0.29, 0.717) is 5.69 Å². The summed E-state index contributed by atoms with van der Waals surface area (Å²) in [6.07, 6.45) is 0.984. The number of primary amides is 1. The van der Waals surface area contributed by atoms with Crippen LogP contribution in [0.5, 0.6) is 0 Å². The topological polar surface area (TPSA) is 99.8 Å². The summed E-state index contributed by atoms with van der Waals surface area (Å²) in [4.78, 5) is 24.6. The molecule has 1 amide bonds. The third-order valence-electron chi connectivity index (χ3n) is 4.84. The van der Waals surface area contributed by atoms with Crippen LogP contribution in [-0.2, 0) is 6.42 Å². The van der Waals surface area contributed by atoms with E-state index in [9.17, 15) is 9.70 Å². The molecule has 3 aromatic rings. The summed E-state index contributed by atoms with van der Waals surface area (Å²) in [6.45, 7) is 3.99. The highest BCUT2D eigenvalue weighted by Gasteiger charge is 2.10. The number of rotatable bonds is 10. The van der Waals surface area contributed by atoms with Crippen LogP contribution in [0.15, 0.2) is 78.0 Å². The summed E-state index contributed by atoms with van der Waals surface area (Å²) in [5.41, 5.74) is 15.5. The second-order valence-electron chi connectivity index (χ2n) is 6.80. The second-order valence-corrected chi connectivity index (χ2v) is 6.80. The van der Waals surface area contributed by atoms with E-state index in [0.717, 1.165) is 30.9 Å². The zero-order valence-corrected chi connectivity index (χ0v) is 16.8.